The second-order valence-electron chi connectivity index (χ2n) is 7.62. The summed E-state index contributed by atoms with van der Waals surface area (Å²) >= 11 is 0. The first kappa shape index (κ1) is 24.5. The summed E-state index contributed by atoms with van der Waals surface area (Å²) in [7, 11) is 0. The molecule has 8 heteroatoms. The molecule has 0 aliphatic rings. The molecular formula is C26H22F2N2O4. The Morgan fingerprint density at radius 1 is 1.03 bits per heavy atom. The normalized spacial score (nSPS) is 11.3. The van der Waals surface area contributed by atoms with E-state index in [2.05, 4.69) is 4.98 Å². The monoisotopic (exact) mass is 464 g/mol. The van der Waals surface area contributed by atoms with Crippen molar-refractivity contribution in [1.82, 2.24) is 9.38 Å². The standard InChI is InChI=1S/C25H22F2N2O2.CO2/c1-16(18-8-4-3-5-9-18)14-22(30)24-17(2)28-25-23(12-7-13-29(24)25)31-15-19-20(26)10-6-11-21(19)27;2-1-3/h3-13,16H,14-15H2,1-2H3;/t16-;/m1./s1. The number of imidazole rings is 1. The van der Waals surface area contributed by atoms with E-state index in [0.717, 1.165) is 5.56 Å². The molecule has 174 valence electrons. The minimum atomic E-state index is -0.669. The summed E-state index contributed by atoms with van der Waals surface area (Å²) in [6.07, 6.45) is 2.33. The van der Waals surface area contributed by atoms with Crippen LogP contribution in [0, 0.1) is 18.6 Å². The first-order chi connectivity index (χ1) is 16.4. The molecule has 0 radical (unpaired) electrons. The maximum absolute atomic E-state index is 13.9. The molecule has 2 aromatic heterocycles. The van der Waals surface area contributed by atoms with Gasteiger partial charge in [0.2, 0.25) is 0 Å². The number of aryl methyl sites for hydroxylation is 1. The molecule has 0 bridgehead atoms. The third kappa shape index (κ3) is 5.42. The van der Waals surface area contributed by atoms with E-state index < -0.39 is 11.6 Å². The molecule has 0 aliphatic heterocycles. The minimum absolute atomic E-state index is 0.0290. The van der Waals surface area contributed by atoms with Crippen LogP contribution in [0.3, 0.4) is 0 Å². The summed E-state index contributed by atoms with van der Waals surface area (Å²) < 4.78 is 35.2. The van der Waals surface area contributed by atoms with Crippen LogP contribution in [-0.4, -0.2) is 21.3 Å². The smallest absolute Gasteiger partial charge is 0.373 e. The molecule has 2 aromatic carbocycles. The lowest BCUT2D eigenvalue weighted by Crippen LogP contribution is -2.09. The molecule has 0 N–H and O–H groups in total. The average molecular weight is 464 g/mol. The molecule has 6 nitrogen and oxygen atoms in total. The molecule has 0 unspecified atom stereocenters. The highest BCUT2D eigenvalue weighted by atomic mass is 19.1. The van der Waals surface area contributed by atoms with Gasteiger partial charge in [0, 0.05) is 12.6 Å². The van der Waals surface area contributed by atoms with Gasteiger partial charge in [-0.3, -0.25) is 9.20 Å². The molecule has 0 aliphatic carbocycles. The van der Waals surface area contributed by atoms with E-state index >= 15 is 0 Å². The fourth-order valence-corrected chi connectivity index (χ4v) is 3.70. The van der Waals surface area contributed by atoms with Gasteiger partial charge in [-0.1, -0.05) is 43.3 Å². The molecule has 1 atom stereocenters. The van der Waals surface area contributed by atoms with Gasteiger partial charge in [0.1, 0.15) is 23.9 Å². The lowest BCUT2D eigenvalue weighted by atomic mass is 9.94. The van der Waals surface area contributed by atoms with Crippen molar-refractivity contribution in [2.75, 3.05) is 0 Å². The average Bonchev–Trinajstić information content (AvgIpc) is 3.16. The van der Waals surface area contributed by atoms with Crippen molar-refractivity contribution in [1.29, 1.82) is 0 Å². The van der Waals surface area contributed by atoms with Gasteiger partial charge in [-0.2, -0.15) is 9.59 Å². The number of hydrogen-bond acceptors (Lipinski definition) is 5. The number of hydrogen-bond donors (Lipinski definition) is 0. The van der Waals surface area contributed by atoms with Gasteiger partial charge in [-0.15, -0.1) is 0 Å². The Kier molecular flexibility index (Phi) is 8.01. The highest BCUT2D eigenvalue weighted by Gasteiger charge is 2.21. The highest BCUT2D eigenvalue weighted by Crippen LogP contribution is 2.27. The number of ketones is 1. The Labute approximate surface area is 194 Å². The maximum Gasteiger partial charge on any atom is 0.373 e. The van der Waals surface area contributed by atoms with E-state index in [1.165, 1.54) is 18.2 Å². The molecule has 34 heavy (non-hydrogen) atoms. The number of fused-ring (bicyclic) bond motifs is 1. The molecular weight excluding hydrogens is 442 g/mol. The number of nitrogens with zero attached hydrogens (tertiary/aromatic N) is 2. The van der Waals surface area contributed by atoms with Crippen molar-refractivity contribution < 1.29 is 27.9 Å². The van der Waals surface area contributed by atoms with Crippen LogP contribution in [-0.2, 0) is 16.2 Å². The van der Waals surface area contributed by atoms with Crippen LogP contribution in [0.15, 0.2) is 66.9 Å². The third-order valence-corrected chi connectivity index (χ3v) is 5.35. The van der Waals surface area contributed by atoms with Crippen LogP contribution in [0.25, 0.3) is 5.65 Å². The second kappa shape index (κ2) is 11.1. The number of halogens is 2. The second-order valence-corrected chi connectivity index (χ2v) is 7.62. The zero-order valence-corrected chi connectivity index (χ0v) is 18.6. The highest BCUT2D eigenvalue weighted by molar-refractivity contribution is 5.97. The van der Waals surface area contributed by atoms with Crippen LogP contribution in [0.1, 0.15) is 46.6 Å². The number of ether oxygens (including phenoxy) is 1. The number of benzene rings is 2. The van der Waals surface area contributed by atoms with E-state index in [9.17, 15) is 13.6 Å². The van der Waals surface area contributed by atoms with E-state index in [0.29, 0.717) is 29.2 Å². The fraction of sp³-hybridized carbons (Fsp3) is 0.192. The fourth-order valence-electron chi connectivity index (χ4n) is 3.70. The van der Waals surface area contributed by atoms with E-state index in [1.807, 2.05) is 37.3 Å². The minimum Gasteiger partial charge on any atom is -0.485 e. The van der Waals surface area contributed by atoms with E-state index in [-0.39, 0.29) is 30.0 Å². The molecule has 0 fully saturated rings. The lowest BCUT2D eigenvalue weighted by molar-refractivity contribution is -0.191. The largest absolute Gasteiger partial charge is 0.485 e. The van der Waals surface area contributed by atoms with Gasteiger partial charge < -0.3 is 4.74 Å². The molecule has 0 saturated heterocycles. The quantitative estimate of drug-likeness (QED) is 0.347. The predicted octanol–water partition coefficient (Wildman–Crippen LogP) is 5.29. The number of pyridine rings is 1. The van der Waals surface area contributed by atoms with Crippen molar-refractivity contribution >= 4 is 17.6 Å². The topological polar surface area (TPSA) is 77.7 Å². The van der Waals surface area contributed by atoms with Crippen LogP contribution in [0.4, 0.5) is 8.78 Å². The van der Waals surface area contributed by atoms with E-state index in [1.54, 1.807) is 29.7 Å². The molecule has 0 amide bonds. The zero-order valence-electron chi connectivity index (χ0n) is 18.6. The number of aromatic nitrogens is 2. The molecule has 2 heterocycles. The Morgan fingerprint density at radius 3 is 2.32 bits per heavy atom. The van der Waals surface area contributed by atoms with Crippen molar-refractivity contribution in [2.45, 2.75) is 32.8 Å². The Hall–Kier alpha value is -4.16. The predicted molar refractivity (Wildman–Crippen MR) is 119 cm³/mol. The van der Waals surface area contributed by atoms with Gasteiger partial charge in [-0.25, -0.2) is 13.8 Å². The third-order valence-electron chi connectivity index (χ3n) is 5.35. The van der Waals surface area contributed by atoms with E-state index in [4.69, 9.17) is 14.3 Å². The summed E-state index contributed by atoms with van der Waals surface area (Å²) in [5.74, 6) is -0.960. The van der Waals surface area contributed by atoms with Crippen molar-refractivity contribution in [3.63, 3.8) is 0 Å². The summed E-state index contributed by atoms with van der Waals surface area (Å²) in [5, 5.41) is 0. The van der Waals surface area contributed by atoms with Gasteiger partial charge in [0.15, 0.2) is 17.2 Å². The van der Waals surface area contributed by atoms with Gasteiger partial charge in [-0.05, 0) is 42.7 Å². The summed E-state index contributed by atoms with van der Waals surface area (Å²) in [6, 6.07) is 16.9. The Bertz CT molecular complexity index is 1310. The lowest BCUT2D eigenvalue weighted by Gasteiger charge is -2.12. The van der Waals surface area contributed by atoms with Crippen molar-refractivity contribution in [3.8, 4) is 5.75 Å². The molecule has 4 aromatic rings. The van der Waals surface area contributed by atoms with Crippen LogP contribution < -0.4 is 4.74 Å². The number of rotatable bonds is 7. The first-order valence-corrected chi connectivity index (χ1v) is 10.5. The van der Waals surface area contributed by atoms with Crippen molar-refractivity contribution in [2.24, 2.45) is 0 Å². The summed E-state index contributed by atoms with van der Waals surface area (Å²) in [5.41, 5.74) is 2.45. The van der Waals surface area contributed by atoms with Gasteiger partial charge in [0.05, 0.1) is 11.3 Å². The van der Waals surface area contributed by atoms with Gasteiger partial charge >= 0.3 is 6.15 Å². The van der Waals surface area contributed by atoms with Crippen LogP contribution in [0.2, 0.25) is 0 Å². The Morgan fingerprint density at radius 2 is 1.68 bits per heavy atom. The van der Waals surface area contributed by atoms with Crippen LogP contribution >= 0.6 is 0 Å². The Balaban J connectivity index is 0.00000103. The number of carbonyl (C=O) groups is 1. The summed E-state index contributed by atoms with van der Waals surface area (Å²) in [6.45, 7) is 3.51. The van der Waals surface area contributed by atoms with Crippen LogP contribution in [0.5, 0.6) is 5.75 Å². The molecule has 0 spiro atoms. The zero-order chi connectivity index (χ0) is 24.7. The number of Topliss-reactive ketones (excluding diaryl/α,β-unsaturated/α-hetero) is 1. The van der Waals surface area contributed by atoms with Crippen molar-refractivity contribution in [3.05, 3.63) is 101 Å². The SMILES string of the molecule is Cc1nc2c(OCc3c(F)cccc3F)cccn2c1C(=O)C[C@@H](C)c1ccccc1.O=C=O. The molecule has 4 rings (SSSR count). The van der Waals surface area contributed by atoms with Gasteiger partial charge in [0.25, 0.3) is 0 Å². The first-order valence-electron chi connectivity index (χ1n) is 10.5. The summed E-state index contributed by atoms with van der Waals surface area (Å²) in [4.78, 5) is 33.9. The number of carbonyl (C=O) groups excluding carboxylic acids is 3. The maximum atomic E-state index is 13.9. The molecule has 0 saturated carbocycles.